The zero-order valence-electron chi connectivity index (χ0n) is 15.6. The van der Waals surface area contributed by atoms with E-state index in [0.29, 0.717) is 23.7 Å². The second-order valence-corrected chi connectivity index (χ2v) is 6.28. The summed E-state index contributed by atoms with van der Waals surface area (Å²) in [7, 11) is 1.58. The number of carbonyl (C=O) groups is 1. The summed E-state index contributed by atoms with van der Waals surface area (Å²) in [6, 6.07) is 15.7. The summed E-state index contributed by atoms with van der Waals surface area (Å²) >= 11 is 0. The summed E-state index contributed by atoms with van der Waals surface area (Å²) < 4.78 is 6.97. The Morgan fingerprint density at radius 1 is 1.11 bits per heavy atom. The largest absolute Gasteiger partial charge is 0.761 e. The van der Waals surface area contributed by atoms with Gasteiger partial charge in [0.05, 0.1) is 19.3 Å². The predicted molar refractivity (Wildman–Crippen MR) is 110 cm³/mol. The van der Waals surface area contributed by atoms with Crippen molar-refractivity contribution in [2.24, 2.45) is 0 Å². The lowest BCUT2D eigenvalue weighted by Crippen LogP contribution is -2.20. The number of hydrogen-bond donors (Lipinski definition) is 2. The summed E-state index contributed by atoms with van der Waals surface area (Å²) in [5, 5.41) is 13.6. The van der Waals surface area contributed by atoms with Crippen LogP contribution in [0.25, 0.3) is 11.1 Å². The van der Waals surface area contributed by atoms with Gasteiger partial charge in [0.15, 0.2) is 0 Å². The number of methoxy groups -OCH3 is 1. The van der Waals surface area contributed by atoms with Gasteiger partial charge in [-0.15, -0.1) is 0 Å². The van der Waals surface area contributed by atoms with Crippen LogP contribution >= 0.6 is 0 Å². The van der Waals surface area contributed by atoms with Gasteiger partial charge in [-0.25, -0.2) is 0 Å². The van der Waals surface area contributed by atoms with E-state index in [1.807, 2.05) is 29.7 Å². The third-order valence-electron chi connectivity index (χ3n) is 4.21. The molecule has 0 saturated carbocycles. The fraction of sp³-hybridized carbons (Fsp3) is 0.143. The van der Waals surface area contributed by atoms with Crippen LogP contribution in [0.5, 0.6) is 5.75 Å². The number of ether oxygens (including phenoxy) is 1. The molecule has 1 heterocycles. The Hall–Kier alpha value is -3.58. The average Bonchev–Trinajstić information content (AvgIpc) is 2.70. The first-order valence-corrected chi connectivity index (χ1v) is 8.64. The van der Waals surface area contributed by atoms with Gasteiger partial charge in [0.1, 0.15) is 5.75 Å². The zero-order valence-corrected chi connectivity index (χ0v) is 15.6. The second kappa shape index (κ2) is 8.41. The molecule has 2 aromatic carbocycles. The molecule has 28 heavy (non-hydrogen) atoms. The molecule has 0 aliphatic carbocycles. The number of nitrogens with zero attached hydrogens (tertiary/aromatic N) is 1. The number of amides is 1. The Kier molecular flexibility index (Phi) is 5.76. The molecule has 3 rings (SSSR count). The van der Waals surface area contributed by atoms with E-state index in [9.17, 15) is 14.8 Å². The summed E-state index contributed by atoms with van der Waals surface area (Å²) in [5.74, 6) is 0.454. The number of carbonyl (C=O) groups excluding carboxylic acids is 1. The molecular weight excluding hydrogens is 358 g/mol. The van der Waals surface area contributed by atoms with Gasteiger partial charge in [-0.2, -0.15) is 0 Å². The average molecular weight is 378 g/mol. The van der Waals surface area contributed by atoms with Crippen molar-refractivity contribution in [2.45, 2.75) is 13.5 Å². The van der Waals surface area contributed by atoms with Gasteiger partial charge in [-0.3, -0.25) is 9.59 Å². The fourth-order valence-corrected chi connectivity index (χ4v) is 2.96. The van der Waals surface area contributed by atoms with Crippen LogP contribution in [0.4, 0.5) is 11.4 Å². The molecule has 0 spiro atoms. The van der Waals surface area contributed by atoms with E-state index >= 15 is 0 Å². The summed E-state index contributed by atoms with van der Waals surface area (Å²) in [5.41, 5.74) is 5.21. The molecule has 1 amide bonds. The van der Waals surface area contributed by atoms with Gasteiger partial charge >= 0.3 is 0 Å². The van der Waals surface area contributed by atoms with Crippen LogP contribution in [0.1, 0.15) is 12.5 Å². The van der Waals surface area contributed by atoms with E-state index in [4.69, 9.17) is 4.74 Å². The third-order valence-corrected chi connectivity index (χ3v) is 4.21. The number of rotatable bonds is 6. The van der Waals surface area contributed by atoms with E-state index in [1.165, 1.54) is 17.6 Å². The quantitative estimate of drug-likeness (QED) is 0.641. The molecular formula is C21H20N3O4-. The number of nitrogens with one attached hydrogen (secondary N) is 2. The number of pyridine rings is 1. The SMILES string of the molecule is COc1ccc(Cn2cc(NC(C)=O)ccc2=O)cc1-c1cccc(N[O-])c1. The van der Waals surface area contributed by atoms with E-state index < -0.39 is 0 Å². The number of benzene rings is 2. The van der Waals surface area contributed by atoms with Crippen molar-refractivity contribution in [3.63, 3.8) is 0 Å². The molecule has 3 aromatic rings. The second-order valence-electron chi connectivity index (χ2n) is 6.28. The van der Waals surface area contributed by atoms with Crippen LogP contribution in [0, 0.1) is 5.21 Å². The summed E-state index contributed by atoms with van der Waals surface area (Å²) in [4.78, 5) is 23.5. The molecule has 0 bridgehead atoms. The highest BCUT2D eigenvalue weighted by Crippen LogP contribution is 2.32. The van der Waals surface area contributed by atoms with Crippen molar-refractivity contribution in [3.8, 4) is 16.9 Å². The molecule has 0 aliphatic rings. The molecule has 0 radical (unpaired) electrons. The fourth-order valence-electron chi connectivity index (χ4n) is 2.96. The summed E-state index contributed by atoms with van der Waals surface area (Å²) in [6.45, 7) is 1.73. The lowest BCUT2D eigenvalue weighted by atomic mass is 10.0. The van der Waals surface area contributed by atoms with Gasteiger partial charge in [-0.1, -0.05) is 18.2 Å². The van der Waals surface area contributed by atoms with Gasteiger partial charge < -0.3 is 25.3 Å². The predicted octanol–water partition coefficient (Wildman–Crippen LogP) is 3.44. The number of hydrogen-bond acceptors (Lipinski definition) is 5. The van der Waals surface area contributed by atoms with Gasteiger partial charge in [-0.05, 0) is 41.5 Å². The maximum Gasteiger partial charge on any atom is 0.250 e. The van der Waals surface area contributed by atoms with Crippen molar-refractivity contribution in [2.75, 3.05) is 17.9 Å². The molecule has 7 nitrogen and oxygen atoms in total. The smallest absolute Gasteiger partial charge is 0.250 e. The molecule has 2 N–H and O–H groups in total. The van der Waals surface area contributed by atoms with E-state index in [1.54, 1.807) is 37.6 Å². The molecule has 0 fully saturated rings. The Morgan fingerprint density at radius 2 is 1.93 bits per heavy atom. The Morgan fingerprint density at radius 3 is 2.64 bits per heavy atom. The standard InChI is InChI=1S/C21H20N3O4/c1-14(25)22-18-7-9-21(26)24(13-18)12-15-6-8-20(28-2)19(10-15)16-4-3-5-17(11-16)23-27/h3-11,13,23H,12H2,1-2H3,(H,22,25)/q-1. The van der Waals surface area contributed by atoms with Crippen LogP contribution in [-0.2, 0) is 11.3 Å². The van der Waals surface area contributed by atoms with E-state index in [2.05, 4.69) is 5.32 Å². The minimum absolute atomic E-state index is 0.177. The van der Waals surface area contributed by atoms with E-state index in [0.717, 1.165) is 16.7 Å². The monoisotopic (exact) mass is 378 g/mol. The maximum atomic E-state index is 12.2. The first kappa shape index (κ1) is 19.2. The van der Waals surface area contributed by atoms with Crippen LogP contribution < -0.4 is 21.1 Å². The van der Waals surface area contributed by atoms with Crippen LogP contribution in [0.2, 0.25) is 0 Å². The highest BCUT2D eigenvalue weighted by atomic mass is 16.5. The highest BCUT2D eigenvalue weighted by Gasteiger charge is 2.09. The van der Waals surface area contributed by atoms with Crippen molar-refractivity contribution < 1.29 is 9.53 Å². The van der Waals surface area contributed by atoms with Crippen LogP contribution in [0.15, 0.2) is 65.6 Å². The number of anilines is 2. The van der Waals surface area contributed by atoms with E-state index in [-0.39, 0.29) is 11.5 Å². The maximum absolute atomic E-state index is 12.2. The highest BCUT2D eigenvalue weighted by molar-refractivity contribution is 5.88. The van der Waals surface area contributed by atoms with Crippen molar-refractivity contribution in [1.29, 1.82) is 0 Å². The molecule has 0 aliphatic heterocycles. The normalized spacial score (nSPS) is 10.4. The lowest BCUT2D eigenvalue weighted by molar-refractivity contribution is -0.114. The molecule has 1 aromatic heterocycles. The molecule has 0 atom stereocenters. The first-order chi connectivity index (χ1) is 13.5. The van der Waals surface area contributed by atoms with Gasteiger partial charge in [0.25, 0.3) is 5.56 Å². The molecule has 7 heteroatoms. The lowest BCUT2D eigenvalue weighted by Gasteiger charge is -2.15. The minimum Gasteiger partial charge on any atom is -0.761 e. The molecule has 0 unspecified atom stereocenters. The minimum atomic E-state index is -0.205. The summed E-state index contributed by atoms with van der Waals surface area (Å²) in [6.07, 6.45) is 1.61. The zero-order chi connectivity index (χ0) is 20.1. The van der Waals surface area contributed by atoms with Gasteiger partial charge in [0.2, 0.25) is 5.91 Å². The third kappa shape index (κ3) is 4.39. The molecule has 144 valence electrons. The van der Waals surface area contributed by atoms with Crippen LogP contribution in [0.3, 0.4) is 0 Å². The van der Waals surface area contributed by atoms with Crippen molar-refractivity contribution in [1.82, 2.24) is 4.57 Å². The first-order valence-electron chi connectivity index (χ1n) is 8.64. The Balaban J connectivity index is 1.98. The van der Waals surface area contributed by atoms with Crippen LogP contribution in [-0.4, -0.2) is 17.6 Å². The number of aromatic nitrogens is 1. The Labute approximate surface area is 162 Å². The Bertz CT molecular complexity index is 1060. The van der Waals surface area contributed by atoms with Crippen molar-refractivity contribution >= 4 is 17.3 Å². The topological polar surface area (TPSA) is 95.4 Å². The van der Waals surface area contributed by atoms with Gasteiger partial charge in [0, 0.05) is 30.4 Å². The van der Waals surface area contributed by atoms with Crippen molar-refractivity contribution in [3.05, 3.63) is 81.9 Å². The molecule has 0 saturated heterocycles.